The number of nitrogens with one attached hydrogen (secondary N) is 1. The Morgan fingerprint density at radius 1 is 1.18 bits per heavy atom. The maximum atomic E-state index is 11.1. The average Bonchev–Trinajstić information content (AvgIpc) is 2.58. The average molecular weight is 300 g/mol. The number of pyridine rings is 1. The molecule has 2 aliphatic rings. The molecule has 0 unspecified atom stereocenters. The van der Waals surface area contributed by atoms with Crippen LogP contribution >= 0.6 is 0 Å². The normalized spacial score (nSPS) is 18.2. The summed E-state index contributed by atoms with van der Waals surface area (Å²) in [4.78, 5) is 17.6. The molecule has 0 amide bonds. The van der Waals surface area contributed by atoms with E-state index < -0.39 is 0 Å². The highest BCUT2D eigenvalue weighted by atomic mass is 16.1. The number of nitrogens with zero attached hydrogens (tertiary/aromatic N) is 3. The van der Waals surface area contributed by atoms with E-state index in [4.69, 9.17) is 5.26 Å². The van der Waals surface area contributed by atoms with E-state index in [0.29, 0.717) is 37.3 Å². The minimum absolute atomic E-state index is 0.294. The molecule has 5 nitrogen and oxygen atoms in total. The van der Waals surface area contributed by atoms with Crippen LogP contribution in [0.15, 0.2) is 12.1 Å². The summed E-state index contributed by atoms with van der Waals surface area (Å²) < 4.78 is 0. The molecule has 0 atom stereocenters. The van der Waals surface area contributed by atoms with Gasteiger partial charge in [-0.1, -0.05) is 6.42 Å². The van der Waals surface area contributed by atoms with Gasteiger partial charge in [0, 0.05) is 31.6 Å². The number of hydrogen-bond acceptors (Lipinski definition) is 5. The molecule has 22 heavy (non-hydrogen) atoms. The highest BCUT2D eigenvalue weighted by Crippen LogP contribution is 2.20. The number of Topliss-reactive ketones (excluding diaryl/α,β-unsaturated/α-hetero) is 1. The van der Waals surface area contributed by atoms with E-state index in [0.717, 1.165) is 11.5 Å². The number of rotatable bonds is 1. The van der Waals surface area contributed by atoms with Crippen LogP contribution in [-0.2, 0) is 4.79 Å². The number of nitriles is 1. The van der Waals surface area contributed by atoms with Crippen molar-refractivity contribution in [1.82, 2.24) is 10.3 Å². The zero-order valence-electron chi connectivity index (χ0n) is 13.3. The third-order valence-corrected chi connectivity index (χ3v) is 3.96. The lowest BCUT2D eigenvalue weighted by Crippen LogP contribution is -2.34. The van der Waals surface area contributed by atoms with Crippen LogP contribution < -0.4 is 10.2 Å². The van der Waals surface area contributed by atoms with Crippen LogP contribution in [0.3, 0.4) is 0 Å². The van der Waals surface area contributed by atoms with Gasteiger partial charge in [-0.05, 0) is 45.0 Å². The Kier molecular flexibility index (Phi) is 6.35. The quantitative estimate of drug-likeness (QED) is 0.861. The van der Waals surface area contributed by atoms with Gasteiger partial charge in [0.2, 0.25) is 0 Å². The third kappa shape index (κ3) is 4.81. The molecule has 5 heteroatoms. The number of ketones is 1. The van der Waals surface area contributed by atoms with Crippen molar-refractivity contribution in [3.05, 3.63) is 23.4 Å². The second-order valence-corrected chi connectivity index (χ2v) is 5.77. The monoisotopic (exact) mass is 300 g/mol. The molecule has 1 N–H and O–H groups in total. The molecule has 0 radical (unpaired) electrons. The van der Waals surface area contributed by atoms with Gasteiger partial charge in [-0.25, -0.2) is 4.98 Å². The van der Waals surface area contributed by atoms with Crippen molar-refractivity contribution < 1.29 is 4.79 Å². The van der Waals surface area contributed by atoms with Crippen molar-refractivity contribution in [1.29, 1.82) is 5.26 Å². The molecule has 1 aromatic heterocycles. The largest absolute Gasteiger partial charge is 0.355 e. The van der Waals surface area contributed by atoms with Crippen LogP contribution in [0, 0.1) is 18.3 Å². The molecule has 3 rings (SSSR count). The highest BCUT2D eigenvalue weighted by molar-refractivity contribution is 5.81. The molecule has 3 heterocycles. The summed E-state index contributed by atoms with van der Waals surface area (Å²) >= 11 is 0. The summed E-state index contributed by atoms with van der Waals surface area (Å²) in [6.07, 6.45) is 5.33. The fraction of sp³-hybridized carbons (Fsp3) is 0.588. The first kappa shape index (κ1) is 16.4. The highest BCUT2D eigenvalue weighted by Gasteiger charge is 2.19. The van der Waals surface area contributed by atoms with Crippen molar-refractivity contribution >= 4 is 11.6 Å². The fourth-order valence-electron chi connectivity index (χ4n) is 2.64. The van der Waals surface area contributed by atoms with Crippen LogP contribution in [0.1, 0.15) is 43.4 Å². The zero-order chi connectivity index (χ0) is 15.8. The molecule has 0 spiro atoms. The minimum Gasteiger partial charge on any atom is -0.355 e. The molecule has 0 bridgehead atoms. The molecular formula is C17H24N4O. The molecule has 1 aromatic rings. The summed E-state index contributed by atoms with van der Waals surface area (Å²) in [5, 5.41) is 12.3. The maximum absolute atomic E-state index is 11.1. The van der Waals surface area contributed by atoms with E-state index in [2.05, 4.69) is 16.4 Å². The Morgan fingerprint density at radius 3 is 2.36 bits per heavy atom. The molecule has 2 aliphatic heterocycles. The first-order chi connectivity index (χ1) is 10.7. The minimum atomic E-state index is 0.294. The molecule has 2 fully saturated rings. The first-order valence-corrected chi connectivity index (χ1v) is 8.06. The predicted molar refractivity (Wildman–Crippen MR) is 86.9 cm³/mol. The molecule has 2 saturated heterocycles. The second kappa shape index (κ2) is 8.50. The van der Waals surface area contributed by atoms with Crippen LogP contribution in [0.4, 0.5) is 5.82 Å². The van der Waals surface area contributed by atoms with Crippen molar-refractivity contribution in [2.75, 3.05) is 31.1 Å². The van der Waals surface area contributed by atoms with Crippen LogP contribution in [0.25, 0.3) is 0 Å². The summed E-state index contributed by atoms with van der Waals surface area (Å²) in [5.41, 5.74) is 1.48. The zero-order valence-corrected chi connectivity index (χ0v) is 13.3. The smallest absolute Gasteiger partial charge is 0.146 e. The standard InChI is InChI=1S/C12H13N3O.C5H11N/c1-9-2-3-10(8-13)12(14-9)15-6-4-11(16)5-7-15;1-2-4-6-5-3-1/h2-3H,4-7H2,1H3;6H,1-5H2. The van der Waals surface area contributed by atoms with Gasteiger partial charge in [0.25, 0.3) is 0 Å². The topological polar surface area (TPSA) is 69.0 Å². The van der Waals surface area contributed by atoms with E-state index in [9.17, 15) is 4.79 Å². The summed E-state index contributed by atoms with van der Waals surface area (Å²) in [7, 11) is 0. The lowest BCUT2D eigenvalue weighted by atomic mass is 10.1. The fourth-order valence-corrected chi connectivity index (χ4v) is 2.64. The Balaban J connectivity index is 0.000000246. The van der Waals surface area contributed by atoms with Crippen molar-refractivity contribution in [3.63, 3.8) is 0 Å². The van der Waals surface area contributed by atoms with Gasteiger partial charge in [-0.15, -0.1) is 0 Å². The Labute approximate surface area is 132 Å². The van der Waals surface area contributed by atoms with Crippen molar-refractivity contribution in [2.24, 2.45) is 0 Å². The number of piperidine rings is 2. The van der Waals surface area contributed by atoms with E-state index in [1.54, 1.807) is 6.07 Å². The van der Waals surface area contributed by atoms with Gasteiger partial charge in [-0.2, -0.15) is 5.26 Å². The lowest BCUT2D eigenvalue weighted by Gasteiger charge is -2.27. The van der Waals surface area contributed by atoms with Crippen molar-refractivity contribution in [2.45, 2.75) is 39.0 Å². The Morgan fingerprint density at radius 2 is 1.86 bits per heavy atom. The summed E-state index contributed by atoms with van der Waals surface area (Å²) in [6.45, 7) is 5.74. The van der Waals surface area contributed by atoms with Crippen molar-refractivity contribution in [3.8, 4) is 6.07 Å². The third-order valence-electron chi connectivity index (χ3n) is 3.96. The number of carbonyl (C=O) groups is 1. The molecule has 0 aliphatic carbocycles. The van der Waals surface area contributed by atoms with E-state index in [1.807, 2.05) is 17.9 Å². The number of anilines is 1. The van der Waals surface area contributed by atoms with Gasteiger partial charge in [-0.3, -0.25) is 4.79 Å². The predicted octanol–water partition coefficient (Wildman–Crippen LogP) is 2.19. The van der Waals surface area contributed by atoms with Gasteiger partial charge in [0.1, 0.15) is 17.7 Å². The molecule has 0 aromatic carbocycles. The van der Waals surface area contributed by atoms with E-state index >= 15 is 0 Å². The van der Waals surface area contributed by atoms with Crippen LogP contribution in [0.2, 0.25) is 0 Å². The maximum Gasteiger partial charge on any atom is 0.146 e. The molecule has 0 saturated carbocycles. The van der Waals surface area contributed by atoms with Gasteiger partial charge >= 0.3 is 0 Å². The SMILES string of the molecule is C1CCNCC1.Cc1ccc(C#N)c(N2CCC(=O)CC2)n1. The number of aromatic nitrogens is 1. The van der Waals surface area contributed by atoms with Gasteiger partial charge in [0.15, 0.2) is 0 Å². The summed E-state index contributed by atoms with van der Waals surface area (Å²) in [5.74, 6) is 1.01. The van der Waals surface area contributed by atoms with Gasteiger partial charge in [0.05, 0.1) is 5.56 Å². The van der Waals surface area contributed by atoms with Crippen LogP contribution in [0.5, 0.6) is 0 Å². The molecule has 118 valence electrons. The number of aryl methyl sites for hydroxylation is 1. The van der Waals surface area contributed by atoms with Crippen LogP contribution in [-0.4, -0.2) is 36.9 Å². The first-order valence-electron chi connectivity index (χ1n) is 8.06. The summed E-state index contributed by atoms with van der Waals surface area (Å²) in [6, 6.07) is 5.76. The number of hydrogen-bond donors (Lipinski definition) is 1. The van der Waals surface area contributed by atoms with Gasteiger partial charge < -0.3 is 10.2 Å². The lowest BCUT2D eigenvalue weighted by molar-refractivity contribution is -0.119. The Bertz CT molecular complexity index is 525. The molecular weight excluding hydrogens is 276 g/mol. The van der Waals surface area contributed by atoms with E-state index in [-0.39, 0.29) is 0 Å². The number of carbonyl (C=O) groups excluding carboxylic acids is 1. The van der Waals surface area contributed by atoms with E-state index in [1.165, 1.54) is 32.4 Å². The second-order valence-electron chi connectivity index (χ2n) is 5.77. The Hall–Kier alpha value is -1.93.